The Kier molecular flexibility index (Phi) is 6.24. The standard InChI is InChI=1S/C19H21N3O3/c1-13-4-5-15(12-20)10-16(13)22-19(23)21-9-8-14-6-7-17(24-2)18(11-14)25-3/h4-7,10-11H,8-9H2,1-3H3,(H2,21,22,23). The number of hydrogen-bond acceptors (Lipinski definition) is 4. The molecule has 2 aromatic carbocycles. The second-order valence-electron chi connectivity index (χ2n) is 5.46. The highest BCUT2D eigenvalue weighted by Gasteiger charge is 2.07. The molecule has 130 valence electrons. The fourth-order valence-electron chi connectivity index (χ4n) is 2.35. The fraction of sp³-hybridized carbons (Fsp3) is 0.263. The molecule has 0 atom stereocenters. The maximum Gasteiger partial charge on any atom is 0.319 e. The smallest absolute Gasteiger partial charge is 0.319 e. The molecule has 6 nitrogen and oxygen atoms in total. The molecule has 0 fully saturated rings. The first-order valence-corrected chi connectivity index (χ1v) is 7.84. The highest BCUT2D eigenvalue weighted by molar-refractivity contribution is 5.90. The number of rotatable bonds is 6. The van der Waals surface area contributed by atoms with Crippen molar-refractivity contribution in [1.29, 1.82) is 5.26 Å². The number of ether oxygens (including phenoxy) is 2. The molecule has 2 amide bonds. The lowest BCUT2D eigenvalue weighted by Crippen LogP contribution is -2.30. The number of carbonyl (C=O) groups excluding carboxylic acids is 1. The number of carbonyl (C=O) groups is 1. The van der Waals surface area contributed by atoms with Gasteiger partial charge < -0.3 is 20.1 Å². The molecule has 0 bridgehead atoms. The number of aryl methyl sites for hydroxylation is 1. The van der Waals surface area contributed by atoms with Crippen molar-refractivity contribution in [2.24, 2.45) is 0 Å². The number of anilines is 1. The molecule has 0 aromatic heterocycles. The summed E-state index contributed by atoms with van der Waals surface area (Å²) < 4.78 is 10.5. The van der Waals surface area contributed by atoms with Crippen LogP contribution in [0.2, 0.25) is 0 Å². The van der Waals surface area contributed by atoms with Gasteiger partial charge in [0.25, 0.3) is 0 Å². The van der Waals surface area contributed by atoms with E-state index in [4.69, 9.17) is 14.7 Å². The van der Waals surface area contributed by atoms with E-state index in [1.165, 1.54) is 0 Å². The number of nitrogens with one attached hydrogen (secondary N) is 2. The summed E-state index contributed by atoms with van der Waals surface area (Å²) in [5.41, 5.74) is 3.06. The fourth-order valence-corrected chi connectivity index (χ4v) is 2.35. The largest absolute Gasteiger partial charge is 0.493 e. The van der Waals surface area contributed by atoms with E-state index in [-0.39, 0.29) is 6.03 Å². The molecule has 0 aliphatic carbocycles. The lowest BCUT2D eigenvalue weighted by atomic mass is 10.1. The van der Waals surface area contributed by atoms with Gasteiger partial charge in [-0.25, -0.2) is 4.79 Å². The molecule has 0 aliphatic heterocycles. The van der Waals surface area contributed by atoms with Gasteiger partial charge in [0, 0.05) is 12.2 Å². The van der Waals surface area contributed by atoms with E-state index in [1.807, 2.05) is 25.1 Å². The molecular formula is C19H21N3O3. The van der Waals surface area contributed by atoms with Crippen LogP contribution in [0.3, 0.4) is 0 Å². The average molecular weight is 339 g/mol. The van der Waals surface area contributed by atoms with Crippen LogP contribution in [0.25, 0.3) is 0 Å². The topological polar surface area (TPSA) is 83.4 Å². The van der Waals surface area contributed by atoms with Crippen LogP contribution in [0.15, 0.2) is 36.4 Å². The predicted octanol–water partition coefficient (Wildman–Crippen LogP) is 3.25. The van der Waals surface area contributed by atoms with Crippen molar-refractivity contribution in [3.05, 3.63) is 53.1 Å². The van der Waals surface area contributed by atoms with Crippen LogP contribution in [0.5, 0.6) is 11.5 Å². The van der Waals surface area contributed by atoms with Gasteiger partial charge in [-0.05, 0) is 48.7 Å². The zero-order valence-electron chi connectivity index (χ0n) is 14.6. The third kappa shape index (κ3) is 4.88. The first kappa shape index (κ1) is 18.1. The highest BCUT2D eigenvalue weighted by Crippen LogP contribution is 2.27. The number of methoxy groups -OCH3 is 2. The van der Waals surface area contributed by atoms with Crippen LogP contribution >= 0.6 is 0 Å². The highest BCUT2D eigenvalue weighted by atomic mass is 16.5. The molecule has 0 radical (unpaired) electrons. The zero-order valence-corrected chi connectivity index (χ0v) is 14.6. The summed E-state index contributed by atoms with van der Waals surface area (Å²) in [4.78, 5) is 12.0. The number of hydrogen-bond donors (Lipinski definition) is 2. The first-order valence-electron chi connectivity index (χ1n) is 7.84. The minimum Gasteiger partial charge on any atom is -0.493 e. The van der Waals surface area contributed by atoms with Gasteiger partial charge in [0.2, 0.25) is 0 Å². The van der Waals surface area contributed by atoms with Crippen molar-refractivity contribution in [1.82, 2.24) is 5.32 Å². The second-order valence-corrected chi connectivity index (χ2v) is 5.46. The molecule has 2 N–H and O–H groups in total. The van der Waals surface area contributed by atoms with E-state index in [1.54, 1.807) is 32.4 Å². The Bertz CT molecular complexity index is 797. The molecule has 0 heterocycles. The molecule has 0 saturated heterocycles. The monoisotopic (exact) mass is 339 g/mol. The van der Waals surface area contributed by atoms with Gasteiger partial charge >= 0.3 is 6.03 Å². The molecule has 0 aliphatic rings. The lowest BCUT2D eigenvalue weighted by molar-refractivity contribution is 0.252. The molecule has 0 saturated carbocycles. The Labute approximate surface area is 147 Å². The summed E-state index contributed by atoms with van der Waals surface area (Å²) in [6.07, 6.45) is 0.658. The summed E-state index contributed by atoms with van der Waals surface area (Å²) in [6, 6.07) is 12.6. The summed E-state index contributed by atoms with van der Waals surface area (Å²) in [6.45, 7) is 2.35. The molecular weight excluding hydrogens is 318 g/mol. The molecule has 0 spiro atoms. The van der Waals surface area contributed by atoms with Crippen molar-refractivity contribution in [3.63, 3.8) is 0 Å². The van der Waals surface area contributed by atoms with Crippen LogP contribution in [0.4, 0.5) is 10.5 Å². The first-order chi connectivity index (χ1) is 12.1. The third-order valence-electron chi connectivity index (χ3n) is 3.76. The molecule has 2 aromatic rings. The van der Waals surface area contributed by atoms with Gasteiger partial charge in [0.05, 0.1) is 25.9 Å². The van der Waals surface area contributed by atoms with E-state index in [0.717, 1.165) is 11.1 Å². The number of nitrogens with zero attached hydrogens (tertiary/aromatic N) is 1. The Balaban J connectivity index is 1.90. The molecule has 6 heteroatoms. The Morgan fingerprint density at radius 2 is 1.88 bits per heavy atom. The van der Waals surface area contributed by atoms with Crippen molar-refractivity contribution in [2.45, 2.75) is 13.3 Å². The van der Waals surface area contributed by atoms with E-state index in [9.17, 15) is 4.79 Å². The maximum atomic E-state index is 12.0. The minimum absolute atomic E-state index is 0.307. The Hall–Kier alpha value is -3.20. The van der Waals surface area contributed by atoms with Gasteiger partial charge in [0.15, 0.2) is 11.5 Å². The van der Waals surface area contributed by atoms with Crippen molar-refractivity contribution in [3.8, 4) is 17.6 Å². The molecule has 2 rings (SSSR count). The number of amides is 2. The zero-order chi connectivity index (χ0) is 18.2. The maximum absolute atomic E-state index is 12.0. The lowest BCUT2D eigenvalue weighted by Gasteiger charge is -2.11. The average Bonchev–Trinajstić information content (AvgIpc) is 2.63. The molecule has 25 heavy (non-hydrogen) atoms. The van der Waals surface area contributed by atoms with Crippen LogP contribution in [0, 0.1) is 18.3 Å². The van der Waals surface area contributed by atoms with Gasteiger partial charge in [0.1, 0.15) is 0 Å². The second kappa shape index (κ2) is 8.60. The van der Waals surface area contributed by atoms with E-state index in [2.05, 4.69) is 16.7 Å². The minimum atomic E-state index is -0.307. The van der Waals surface area contributed by atoms with Crippen LogP contribution in [-0.4, -0.2) is 26.8 Å². The Morgan fingerprint density at radius 1 is 1.12 bits per heavy atom. The summed E-state index contributed by atoms with van der Waals surface area (Å²) in [7, 11) is 3.18. The summed E-state index contributed by atoms with van der Waals surface area (Å²) in [5, 5.41) is 14.5. The van der Waals surface area contributed by atoms with Crippen LogP contribution < -0.4 is 20.1 Å². The predicted molar refractivity (Wildman–Crippen MR) is 96.2 cm³/mol. The van der Waals surface area contributed by atoms with Crippen LogP contribution in [0.1, 0.15) is 16.7 Å². The van der Waals surface area contributed by atoms with Gasteiger partial charge in [-0.1, -0.05) is 12.1 Å². The Morgan fingerprint density at radius 3 is 2.56 bits per heavy atom. The van der Waals surface area contributed by atoms with Crippen molar-refractivity contribution in [2.75, 3.05) is 26.1 Å². The van der Waals surface area contributed by atoms with E-state index < -0.39 is 0 Å². The van der Waals surface area contributed by atoms with Gasteiger partial charge in [-0.15, -0.1) is 0 Å². The quantitative estimate of drug-likeness (QED) is 0.846. The third-order valence-corrected chi connectivity index (χ3v) is 3.76. The van der Waals surface area contributed by atoms with Crippen molar-refractivity contribution < 1.29 is 14.3 Å². The SMILES string of the molecule is COc1ccc(CCNC(=O)Nc2cc(C#N)ccc2C)cc1OC. The summed E-state index contributed by atoms with van der Waals surface area (Å²) in [5.74, 6) is 1.33. The van der Waals surface area contributed by atoms with Gasteiger partial charge in [-0.3, -0.25) is 0 Å². The number of urea groups is 1. The number of nitriles is 1. The van der Waals surface area contributed by atoms with Gasteiger partial charge in [-0.2, -0.15) is 5.26 Å². The summed E-state index contributed by atoms with van der Waals surface area (Å²) >= 11 is 0. The van der Waals surface area contributed by atoms with E-state index in [0.29, 0.717) is 35.7 Å². The number of benzene rings is 2. The normalized spacial score (nSPS) is 9.84. The molecule has 0 unspecified atom stereocenters. The van der Waals surface area contributed by atoms with E-state index >= 15 is 0 Å². The van der Waals surface area contributed by atoms with Crippen molar-refractivity contribution >= 4 is 11.7 Å². The van der Waals surface area contributed by atoms with Crippen LogP contribution in [-0.2, 0) is 6.42 Å².